The SMILES string of the molecule is CCC1NC2CCC1C2.O=C(O)C(F)(F)F. The van der Waals surface area contributed by atoms with Gasteiger partial charge in [0.25, 0.3) is 0 Å². The number of fused-ring (bicyclic) bond motifs is 2. The molecule has 1 saturated heterocycles. The first kappa shape index (κ1) is 13.3. The lowest BCUT2D eigenvalue weighted by Gasteiger charge is -2.20. The molecule has 2 N–H and O–H groups in total. The minimum atomic E-state index is -5.08. The molecule has 6 heteroatoms. The highest BCUT2D eigenvalue weighted by atomic mass is 19.4. The van der Waals surface area contributed by atoms with Crippen LogP contribution in [-0.4, -0.2) is 29.3 Å². The summed E-state index contributed by atoms with van der Waals surface area (Å²) >= 11 is 0. The van der Waals surface area contributed by atoms with Crippen LogP contribution in [0.3, 0.4) is 0 Å². The lowest BCUT2D eigenvalue weighted by molar-refractivity contribution is -0.192. The molecule has 94 valence electrons. The number of aliphatic carboxylic acids is 1. The molecule has 1 aliphatic heterocycles. The fraction of sp³-hybridized carbons (Fsp3) is 0.900. The lowest BCUT2D eigenvalue weighted by Crippen LogP contribution is -2.34. The summed E-state index contributed by atoms with van der Waals surface area (Å²) in [6, 6.07) is 1.78. The minimum absolute atomic E-state index is 0.878. The summed E-state index contributed by atoms with van der Waals surface area (Å²) in [6.45, 7) is 2.29. The number of rotatable bonds is 1. The van der Waals surface area contributed by atoms with Crippen molar-refractivity contribution in [1.82, 2.24) is 5.32 Å². The summed E-state index contributed by atoms with van der Waals surface area (Å²) in [5.41, 5.74) is 0. The monoisotopic (exact) mass is 239 g/mol. The second-order valence-corrected chi connectivity index (χ2v) is 4.25. The molecule has 0 aromatic rings. The average molecular weight is 239 g/mol. The zero-order chi connectivity index (χ0) is 12.3. The Labute approximate surface area is 92.0 Å². The Kier molecular flexibility index (Phi) is 4.18. The molecule has 1 saturated carbocycles. The van der Waals surface area contributed by atoms with E-state index >= 15 is 0 Å². The van der Waals surface area contributed by atoms with Crippen LogP contribution in [0.1, 0.15) is 32.6 Å². The van der Waals surface area contributed by atoms with Crippen LogP contribution < -0.4 is 5.32 Å². The van der Waals surface area contributed by atoms with E-state index in [-0.39, 0.29) is 0 Å². The third-order valence-corrected chi connectivity index (χ3v) is 3.17. The highest BCUT2D eigenvalue weighted by molar-refractivity contribution is 5.73. The van der Waals surface area contributed by atoms with Gasteiger partial charge in [-0.05, 0) is 31.6 Å². The summed E-state index contributed by atoms with van der Waals surface area (Å²) in [6.07, 6.45) is 0.664. The molecule has 3 unspecified atom stereocenters. The van der Waals surface area contributed by atoms with Crippen molar-refractivity contribution in [2.75, 3.05) is 0 Å². The van der Waals surface area contributed by atoms with Gasteiger partial charge in [-0.2, -0.15) is 13.2 Å². The van der Waals surface area contributed by atoms with Crippen molar-refractivity contribution in [1.29, 1.82) is 0 Å². The summed E-state index contributed by atoms with van der Waals surface area (Å²) in [7, 11) is 0. The summed E-state index contributed by atoms with van der Waals surface area (Å²) < 4.78 is 31.7. The van der Waals surface area contributed by atoms with Crippen LogP contribution in [0.15, 0.2) is 0 Å². The minimum Gasteiger partial charge on any atom is -0.475 e. The normalized spacial score (nSPS) is 32.1. The van der Waals surface area contributed by atoms with Gasteiger partial charge in [-0.15, -0.1) is 0 Å². The van der Waals surface area contributed by atoms with Gasteiger partial charge in [-0.1, -0.05) is 6.92 Å². The van der Waals surface area contributed by atoms with Gasteiger partial charge in [0.05, 0.1) is 0 Å². The summed E-state index contributed by atoms with van der Waals surface area (Å²) in [5, 5.41) is 10.8. The molecule has 0 amide bonds. The van der Waals surface area contributed by atoms with Crippen molar-refractivity contribution in [3.63, 3.8) is 0 Å². The fourth-order valence-corrected chi connectivity index (χ4v) is 2.42. The Morgan fingerprint density at radius 3 is 2.19 bits per heavy atom. The van der Waals surface area contributed by atoms with Crippen LogP contribution in [0.4, 0.5) is 13.2 Å². The number of alkyl halides is 3. The second-order valence-electron chi connectivity index (χ2n) is 4.25. The van der Waals surface area contributed by atoms with Gasteiger partial charge in [-0.25, -0.2) is 4.79 Å². The molecule has 0 spiro atoms. The van der Waals surface area contributed by atoms with E-state index in [0.29, 0.717) is 0 Å². The molecule has 0 aromatic heterocycles. The Hall–Kier alpha value is -0.780. The van der Waals surface area contributed by atoms with E-state index in [1.165, 1.54) is 25.7 Å². The molecule has 2 fully saturated rings. The van der Waals surface area contributed by atoms with Gasteiger partial charge < -0.3 is 10.4 Å². The molecular formula is C10H16F3NO2. The van der Waals surface area contributed by atoms with E-state index in [1.54, 1.807) is 0 Å². The van der Waals surface area contributed by atoms with Crippen molar-refractivity contribution in [3.8, 4) is 0 Å². The van der Waals surface area contributed by atoms with Crippen molar-refractivity contribution in [2.24, 2.45) is 5.92 Å². The average Bonchev–Trinajstić information content (AvgIpc) is 2.77. The van der Waals surface area contributed by atoms with Crippen molar-refractivity contribution in [2.45, 2.75) is 50.9 Å². The molecule has 0 aromatic carbocycles. The quantitative estimate of drug-likeness (QED) is 0.737. The number of carbonyl (C=O) groups is 1. The van der Waals surface area contributed by atoms with Gasteiger partial charge in [0.2, 0.25) is 0 Å². The topological polar surface area (TPSA) is 49.3 Å². The predicted octanol–water partition coefficient (Wildman–Crippen LogP) is 2.17. The van der Waals surface area contributed by atoms with Crippen LogP contribution in [0, 0.1) is 5.92 Å². The molecule has 1 heterocycles. The second kappa shape index (κ2) is 5.03. The standard InChI is InChI=1S/C8H15N.C2HF3O2/c1-2-8-6-3-4-7(5-6)9-8;3-2(4,5)1(6)7/h6-9H,2-5H2,1H3;(H,6,7). The Bertz CT molecular complexity index is 255. The van der Waals surface area contributed by atoms with Crippen LogP contribution in [0.25, 0.3) is 0 Å². The Morgan fingerprint density at radius 1 is 1.44 bits per heavy atom. The molecule has 3 atom stereocenters. The maximum atomic E-state index is 10.6. The Morgan fingerprint density at radius 2 is 2.00 bits per heavy atom. The van der Waals surface area contributed by atoms with Gasteiger partial charge in [0.15, 0.2) is 0 Å². The van der Waals surface area contributed by atoms with E-state index in [4.69, 9.17) is 9.90 Å². The van der Waals surface area contributed by atoms with Gasteiger partial charge in [-0.3, -0.25) is 0 Å². The predicted molar refractivity (Wildman–Crippen MR) is 52.0 cm³/mol. The van der Waals surface area contributed by atoms with Gasteiger partial charge >= 0.3 is 12.1 Å². The van der Waals surface area contributed by atoms with Crippen molar-refractivity contribution in [3.05, 3.63) is 0 Å². The number of nitrogens with one attached hydrogen (secondary N) is 1. The van der Waals surface area contributed by atoms with Crippen LogP contribution >= 0.6 is 0 Å². The maximum Gasteiger partial charge on any atom is 0.490 e. The molecule has 3 nitrogen and oxygen atoms in total. The number of carboxylic acid groups (broad SMARTS) is 1. The van der Waals surface area contributed by atoms with E-state index < -0.39 is 12.1 Å². The van der Waals surface area contributed by atoms with Crippen molar-refractivity contribution < 1.29 is 23.1 Å². The number of hydrogen-bond acceptors (Lipinski definition) is 2. The van der Waals surface area contributed by atoms with E-state index in [1.807, 2.05) is 0 Å². The number of carboxylic acids is 1. The van der Waals surface area contributed by atoms with Gasteiger partial charge in [0.1, 0.15) is 0 Å². The zero-order valence-electron chi connectivity index (χ0n) is 9.05. The highest BCUT2D eigenvalue weighted by Crippen LogP contribution is 2.36. The first-order chi connectivity index (χ1) is 7.34. The first-order valence-corrected chi connectivity index (χ1v) is 5.40. The maximum absolute atomic E-state index is 10.6. The molecule has 0 radical (unpaired) electrons. The lowest BCUT2D eigenvalue weighted by atomic mass is 9.98. The third-order valence-electron chi connectivity index (χ3n) is 3.17. The van der Waals surface area contributed by atoms with Crippen molar-refractivity contribution >= 4 is 5.97 Å². The fourth-order valence-electron chi connectivity index (χ4n) is 2.42. The summed E-state index contributed by atoms with van der Waals surface area (Å²) in [4.78, 5) is 8.90. The molecular weight excluding hydrogens is 223 g/mol. The first-order valence-electron chi connectivity index (χ1n) is 5.40. The smallest absolute Gasteiger partial charge is 0.475 e. The number of halogens is 3. The van der Waals surface area contributed by atoms with E-state index in [0.717, 1.165) is 18.0 Å². The van der Waals surface area contributed by atoms with Crippen LogP contribution in [0.5, 0.6) is 0 Å². The summed E-state index contributed by atoms with van der Waals surface area (Å²) in [5.74, 6) is -1.72. The molecule has 2 bridgehead atoms. The number of hydrogen-bond donors (Lipinski definition) is 2. The molecule has 2 rings (SSSR count). The molecule has 1 aliphatic carbocycles. The third kappa shape index (κ3) is 3.37. The number of piperidine rings is 1. The van der Waals surface area contributed by atoms with Crippen LogP contribution in [0.2, 0.25) is 0 Å². The van der Waals surface area contributed by atoms with E-state index in [2.05, 4.69) is 12.2 Å². The Balaban J connectivity index is 0.000000168. The van der Waals surface area contributed by atoms with Gasteiger partial charge in [0, 0.05) is 12.1 Å². The van der Waals surface area contributed by atoms with E-state index in [9.17, 15) is 13.2 Å². The van der Waals surface area contributed by atoms with Crippen LogP contribution in [-0.2, 0) is 4.79 Å². The largest absolute Gasteiger partial charge is 0.490 e. The molecule has 16 heavy (non-hydrogen) atoms. The zero-order valence-corrected chi connectivity index (χ0v) is 9.05. The molecule has 2 aliphatic rings. The highest BCUT2D eigenvalue weighted by Gasteiger charge is 2.38.